The Labute approximate surface area is 160 Å². The third kappa shape index (κ3) is 3.17. The minimum Gasteiger partial charge on any atom is -0.376 e. The molecule has 27 heavy (non-hydrogen) atoms. The Morgan fingerprint density at radius 2 is 1.96 bits per heavy atom. The average molecular weight is 388 g/mol. The van der Waals surface area contributed by atoms with Gasteiger partial charge in [0.2, 0.25) is 10.0 Å². The summed E-state index contributed by atoms with van der Waals surface area (Å²) in [4.78, 5) is 9.27. The second kappa shape index (κ2) is 6.65. The molecule has 6 nitrogen and oxygen atoms in total. The van der Waals surface area contributed by atoms with Gasteiger partial charge in [-0.2, -0.15) is 4.31 Å². The Kier molecular flexibility index (Phi) is 4.56. The number of aryl methyl sites for hydroxylation is 1. The van der Waals surface area contributed by atoms with Gasteiger partial charge in [0.1, 0.15) is 5.82 Å². The van der Waals surface area contributed by atoms with Crippen molar-refractivity contribution in [3.8, 4) is 0 Å². The lowest BCUT2D eigenvalue weighted by Crippen LogP contribution is -2.41. The summed E-state index contributed by atoms with van der Waals surface area (Å²) < 4.78 is 33.7. The van der Waals surface area contributed by atoms with Crippen molar-refractivity contribution in [1.82, 2.24) is 14.3 Å². The quantitative estimate of drug-likeness (QED) is 0.810. The van der Waals surface area contributed by atoms with Crippen molar-refractivity contribution in [3.63, 3.8) is 0 Å². The maximum Gasteiger partial charge on any atom is 0.243 e. The highest BCUT2D eigenvalue weighted by Crippen LogP contribution is 2.40. The number of hydrogen-bond acceptors (Lipinski definition) is 5. The van der Waals surface area contributed by atoms with Gasteiger partial charge in [0.25, 0.3) is 0 Å². The van der Waals surface area contributed by atoms with Crippen molar-refractivity contribution in [1.29, 1.82) is 0 Å². The summed E-state index contributed by atoms with van der Waals surface area (Å²) in [5, 5.41) is 0. The molecule has 144 valence electrons. The summed E-state index contributed by atoms with van der Waals surface area (Å²) in [6.45, 7) is 7.90. The summed E-state index contributed by atoms with van der Waals surface area (Å²) in [6.07, 6.45) is 2.51. The molecule has 4 rings (SSSR count). The van der Waals surface area contributed by atoms with Crippen molar-refractivity contribution in [2.75, 3.05) is 19.7 Å². The Morgan fingerprint density at radius 1 is 1.22 bits per heavy atom. The molecule has 2 aliphatic heterocycles. The molecule has 1 spiro atoms. The second-order valence-corrected chi connectivity index (χ2v) is 9.81. The van der Waals surface area contributed by atoms with E-state index in [0.717, 1.165) is 16.8 Å². The van der Waals surface area contributed by atoms with Crippen LogP contribution in [0, 0.1) is 6.92 Å². The van der Waals surface area contributed by atoms with Crippen LogP contribution in [0.3, 0.4) is 0 Å². The van der Waals surface area contributed by atoms with Crippen LogP contribution in [0.1, 0.15) is 48.8 Å². The van der Waals surface area contributed by atoms with Gasteiger partial charge in [0.15, 0.2) is 0 Å². The molecule has 7 heteroatoms. The van der Waals surface area contributed by atoms with Crippen molar-refractivity contribution >= 4 is 10.0 Å². The normalized spacial score (nSPS) is 23.1. The van der Waals surface area contributed by atoms with Gasteiger partial charge in [-0.15, -0.1) is 0 Å². The Hall–Kier alpha value is -1.83. The lowest BCUT2D eigenvalue weighted by atomic mass is 9.81. The van der Waals surface area contributed by atoms with Gasteiger partial charge in [0.05, 0.1) is 29.2 Å². The molecule has 0 radical (unpaired) electrons. The van der Waals surface area contributed by atoms with Gasteiger partial charge >= 0.3 is 0 Å². The van der Waals surface area contributed by atoms with Gasteiger partial charge < -0.3 is 4.74 Å². The topological polar surface area (TPSA) is 72.4 Å². The molecule has 1 aromatic heterocycles. The fourth-order valence-corrected chi connectivity index (χ4v) is 5.54. The highest BCUT2D eigenvalue weighted by atomic mass is 32.2. The van der Waals surface area contributed by atoms with E-state index < -0.39 is 10.0 Å². The standard InChI is InChI=1S/C20H25N3O3S/c1-14(2)16-4-6-18(7-5-16)27(24,25)23-9-8-20(12-23)13-26-11-17-10-21-15(3)22-19(17)20/h4-7,10,14H,8-9,11-13H2,1-3H3. The minimum atomic E-state index is -3.53. The zero-order chi connectivity index (χ0) is 19.2. The molecular weight excluding hydrogens is 362 g/mol. The highest BCUT2D eigenvalue weighted by Gasteiger charge is 2.48. The number of nitrogens with zero attached hydrogens (tertiary/aromatic N) is 3. The van der Waals surface area contributed by atoms with E-state index in [9.17, 15) is 8.42 Å². The van der Waals surface area contributed by atoms with Gasteiger partial charge in [-0.1, -0.05) is 26.0 Å². The Bertz CT molecular complexity index is 957. The first-order chi connectivity index (χ1) is 12.8. The summed E-state index contributed by atoms with van der Waals surface area (Å²) >= 11 is 0. The van der Waals surface area contributed by atoms with Crippen LogP contribution >= 0.6 is 0 Å². The van der Waals surface area contributed by atoms with Crippen LogP contribution in [-0.2, 0) is 26.8 Å². The van der Waals surface area contributed by atoms with Crippen LogP contribution in [0.25, 0.3) is 0 Å². The average Bonchev–Trinajstić information content (AvgIpc) is 3.08. The summed E-state index contributed by atoms with van der Waals surface area (Å²) in [7, 11) is -3.53. The van der Waals surface area contributed by atoms with Crippen LogP contribution in [0.2, 0.25) is 0 Å². The van der Waals surface area contributed by atoms with E-state index in [2.05, 4.69) is 23.8 Å². The highest BCUT2D eigenvalue weighted by molar-refractivity contribution is 7.89. The molecule has 0 bridgehead atoms. The Morgan fingerprint density at radius 3 is 2.67 bits per heavy atom. The molecule has 3 heterocycles. The molecule has 1 aromatic carbocycles. The monoisotopic (exact) mass is 387 g/mol. The van der Waals surface area contributed by atoms with E-state index in [1.165, 1.54) is 0 Å². The first kappa shape index (κ1) is 18.5. The van der Waals surface area contributed by atoms with E-state index in [1.807, 2.05) is 19.1 Å². The molecular formula is C20H25N3O3S. The number of sulfonamides is 1. The molecule has 1 atom stereocenters. The van der Waals surface area contributed by atoms with E-state index in [1.54, 1.807) is 22.6 Å². The first-order valence-electron chi connectivity index (χ1n) is 9.33. The lowest BCUT2D eigenvalue weighted by molar-refractivity contribution is 0.0529. The molecule has 0 aliphatic carbocycles. The fraction of sp³-hybridized carbons (Fsp3) is 0.500. The van der Waals surface area contributed by atoms with Gasteiger partial charge in [-0.3, -0.25) is 0 Å². The molecule has 2 aliphatic rings. The number of fused-ring (bicyclic) bond motifs is 2. The zero-order valence-electron chi connectivity index (χ0n) is 16.0. The number of aromatic nitrogens is 2. The number of ether oxygens (including phenoxy) is 1. The lowest BCUT2D eigenvalue weighted by Gasteiger charge is -2.34. The van der Waals surface area contributed by atoms with Gasteiger partial charge in [-0.05, 0) is 37.0 Å². The third-order valence-corrected chi connectivity index (χ3v) is 7.49. The Balaban J connectivity index is 1.64. The first-order valence-corrected chi connectivity index (χ1v) is 10.8. The van der Waals surface area contributed by atoms with Crippen LogP contribution in [-0.4, -0.2) is 42.4 Å². The van der Waals surface area contributed by atoms with Crippen molar-refractivity contribution in [2.24, 2.45) is 0 Å². The smallest absolute Gasteiger partial charge is 0.243 e. The number of benzene rings is 1. The summed E-state index contributed by atoms with van der Waals surface area (Å²) in [6, 6.07) is 7.23. The molecule has 1 fully saturated rings. The van der Waals surface area contributed by atoms with Crippen LogP contribution in [0.4, 0.5) is 0 Å². The summed E-state index contributed by atoms with van der Waals surface area (Å²) in [5.74, 6) is 1.08. The van der Waals surface area contributed by atoms with Crippen molar-refractivity contribution < 1.29 is 13.2 Å². The van der Waals surface area contributed by atoms with Crippen molar-refractivity contribution in [2.45, 2.75) is 50.0 Å². The molecule has 1 unspecified atom stereocenters. The van der Waals surface area contributed by atoms with E-state index in [-0.39, 0.29) is 5.41 Å². The minimum absolute atomic E-state index is 0.347. The summed E-state index contributed by atoms with van der Waals surface area (Å²) in [5.41, 5.74) is 2.67. The number of hydrogen-bond donors (Lipinski definition) is 0. The maximum atomic E-state index is 13.2. The maximum absolute atomic E-state index is 13.2. The van der Waals surface area contributed by atoms with E-state index in [0.29, 0.717) is 49.4 Å². The van der Waals surface area contributed by atoms with Gasteiger partial charge in [-0.25, -0.2) is 18.4 Å². The SMILES string of the molecule is Cc1ncc2c(n1)C1(CCN(S(=O)(=O)c3ccc(C(C)C)cc3)C1)COC2. The molecule has 2 aromatic rings. The van der Waals surface area contributed by atoms with Crippen LogP contribution in [0.5, 0.6) is 0 Å². The predicted octanol–water partition coefficient (Wildman–Crippen LogP) is 2.77. The molecule has 0 amide bonds. The largest absolute Gasteiger partial charge is 0.376 e. The predicted molar refractivity (Wildman–Crippen MR) is 102 cm³/mol. The zero-order valence-corrected chi connectivity index (χ0v) is 16.8. The third-order valence-electron chi connectivity index (χ3n) is 5.63. The van der Waals surface area contributed by atoms with Crippen molar-refractivity contribution in [3.05, 3.63) is 53.1 Å². The molecule has 0 saturated carbocycles. The van der Waals surface area contributed by atoms with E-state index in [4.69, 9.17) is 4.74 Å². The van der Waals surface area contributed by atoms with Gasteiger partial charge in [0, 0.05) is 24.8 Å². The van der Waals surface area contributed by atoms with E-state index >= 15 is 0 Å². The molecule has 0 N–H and O–H groups in total. The van der Waals surface area contributed by atoms with Crippen LogP contribution in [0.15, 0.2) is 35.4 Å². The number of rotatable bonds is 3. The fourth-order valence-electron chi connectivity index (χ4n) is 4.01. The van der Waals surface area contributed by atoms with Crippen LogP contribution < -0.4 is 0 Å². The second-order valence-electron chi connectivity index (χ2n) is 7.88. The molecule has 1 saturated heterocycles.